The highest BCUT2D eigenvalue weighted by Gasteiger charge is 2.23. The highest BCUT2D eigenvalue weighted by Crippen LogP contribution is 2.31. The average Bonchev–Trinajstić information content (AvgIpc) is 3.19. The second kappa shape index (κ2) is 11.1. The molecule has 0 saturated carbocycles. The van der Waals surface area contributed by atoms with Crippen molar-refractivity contribution in [2.75, 3.05) is 49.0 Å². The number of fused-ring (bicyclic) bond motifs is 1. The largest absolute Gasteiger partial charge is 0.493 e. The number of rotatable bonds is 9. The minimum absolute atomic E-state index is 0.123. The number of benzene rings is 1. The fraction of sp³-hybridized carbons (Fsp3) is 0.591. The molecule has 0 fully saturated rings. The van der Waals surface area contributed by atoms with Gasteiger partial charge >= 0.3 is 0 Å². The maximum absolute atomic E-state index is 5.48. The van der Waals surface area contributed by atoms with E-state index in [2.05, 4.69) is 50.8 Å². The van der Waals surface area contributed by atoms with Crippen LogP contribution in [-0.2, 0) is 24.3 Å². The highest BCUT2D eigenvalue weighted by atomic mass is 16.5. The molecule has 2 heterocycles. The van der Waals surface area contributed by atoms with Crippen molar-refractivity contribution in [1.82, 2.24) is 30.3 Å². The Labute approximate surface area is 190 Å². The van der Waals surface area contributed by atoms with Gasteiger partial charge in [0.2, 0.25) is 0 Å². The van der Waals surface area contributed by atoms with E-state index in [1.807, 2.05) is 16.8 Å². The van der Waals surface area contributed by atoms with E-state index < -0.39 is 0 Å². The van der Waals surface area contributed by atoms with Crippen LogP contribution in [0.15, 0.2) is 23.2 Å². The van der Waals surface area contributed by atoms with Gasteiger partial charge in [-0.1, -0.05) is 6.07 Å². The topological polar surface area (TPSA) is 98.1 Å². The van der Waals surface area contributed by atoms with E-state index in [0.717, 1.165) is 54.1 Å². The molecule has 32 heavy (non-hydrogen) atoms. The van der Waals surface area contributed by atoms with E-state index in [0.29, 0.717) is 13.2 Å². The first kappa shape index (κ1) is 23.8. The average molecular weight is 446 g/mol. The maximum atomic E-state index is 5.48. The second-order valence-corrected chi connectivity index (χ2v) is 7.99. The summed E-state index contributed by atoms with van der Waals surface area (Å²) in [7, 11) is 10.9. The van der Waals surface area contributed by atoms with Crippen molar-refractivity contribution in [1.29, 1.82) is 0 Å². The van der Waals surface area contributed by atoms with Gasteiger partial charge in [-0.3, -0.25) is 4.99 Å². The van der Waals surface area contributed by atoms with Gasteiger partial charge in [-0.2, -0.15) is 5.10 Å². The van der Waals surface area contributed by atoms with Crippen molar-refractivity contribution in [3.05, 3.63) is 35.4 Å². The number of ether oxygens (including phenoxy) is 3. The Morgan fingerprint density at radius 1 is 1.25 bits per heavy atom. The van der Waals surface area contributed by atoms with E-state index in [9.17, 15) is 0 Å². The van der Waals surface area contributed by atoms with Crippen molar-refractivity contribution in [3.8, 4) is 11.5 Å². The quantitative estimate of drug-likeness (QED) is 0.439. The van der Waals surface area contributed by atoms with Gasteiger partial charge in [-0.15, -0.1) is 0 Å². The molecule has 0 aliphatic carbocycles. The van der Waals surface area contributed by atoms with Crippen LogP contribution in [0.5, 0.6) is 11.5 Å². The molecule has 0 spiro atoms. The monoisotopic (exact) mass is 445 g/mol. The summed E-state index contributed by atoms with van der Waals surface area (Å²) >= 11 is 0. The zero-order valence-electron chi connectivity index (χ0n) is 19.9. The van der Waals surface area contributed by atoms with Crippen molar-refractivity contribution in [3.63, 3.8) is 0 Å². The summed E-state index contributed by atoms with van der Waals surface area (Å²) in [5.41, 5.74) is 1.13. The van der Waals surface area contributed by atoms with E-state index in [-0.39, 0.29) is 12.1 Å². The molecule has 0 amide bonds. The summed E-state index contributed by atoms with van der Waals surface area (Å²) in [6, 6.07) is 6.37. The van der Waals surface area contributed by atoms with Crippen molar-refractivity contribution >= 4 is 5.96 Å². The molecule has 3 rings (SSSR count). The number of likely N-dealkylation sites (N-methyl/N-ethyl adjacent to an activating group) is 1. The van der Waals surface area contributed by atoms with E-state index >= 15 is 0 Å². The van der Waals surface area contributed by atoms with Gasteiger partial charge < -0.3 is 29.7 Å². The Hall–Kier alpha value is -2.85. The second-order valence-electron chi connectivity index (χ2n) is 7.99. The van der Waals surface area contributed by atoms with Gasteiger partial charge in [-0.25, -0.2) is 9.67 Å². The van der Waals surface area contributed by atoms with Crippen LogP contribution < -0.4 is 20.1 Å². The molecule has 10 nitrogen and oxygen atoms in total. The van der Waals surface area contributed by atoms with Crippen LogP contribution in [0.1, 0.15) is 29.7 Å². The first-order valence-electron chi connectivity index (χ1n) is 10.8. The predicted molar refractivity (Wildman–Crippen MR) is 123 cm³/mol. The highest BCUT2D eigenvalue weighted by molar-refractivity contribution is 5.80. The maximum Gasteiger partial charge on any atom is 0.191 e. The number of aryl methyl sites for hydroxylation is 1. The smallest absolute Gasteiger partial charge is 0.191 e. The number of nitrogens with zero attached hydrogens (tertiary/aromatic N) is 5. The van der Waals surface area contributed by atoms with Gasteiger partial charge in [0.25, 0.3) is 0 Å². The van der Waals surface area contributed by atoms with Gasteiger partial charge in [-0.05, 0) is 38.2 Å². The number of nitrogens with one attached hydrogen (secondary N) is 2. The Morgan fingerprint density at radius 3 is 2.69 bits per heavy atom. The van der Waals surface area contributed by atoms with E-state index in [4.69, 9.17) is 14.2 Å². The lowest BCUT2D eigenvalue weighted by molar-refractivity contribution is 0.177. The number of hydrogen-bond donors (Lipinski definition) is 2. The first-order chi connectivity index (χ1) is 15.5. The standard InChI is InChI=1S/C22H35N7O3/c1-23-22(25-16-8-10-21-26-20(14-30-4)27-29(21)13-16)24-12-17(28(2)3)15-7-9-18(31-5)19(11-15)32-6/h7,9,11,16-17H,8,10,12-14H2,1-6H3,(H2,23,24,25). The Bertz CT molecular complexity index is 913. The zero-order chi connectivity index (χ0) is 23.1. The van der Waals surface area contributed by atoms with E-state index in [1.54, 1.807) is 28.4 Å². The van der Waals surface area contributed by atoms with Crippen LogP contribution in [-0.4, -0.2) is 80.7 Å². The molecule has 2 unspecified atom stereocenters. The molecular weight excluding hydrogens is 410 g/mol. The van der Waals surface area contributed by atoms with Gasteiger partial charge in [0.05, 0.1) is 26.8 Å². The Balaban J connectivity index is 1.62. The van der Waals surface area contributed by atoms with Crippen LogP contribution in [0.3, 0.4) is 0 Å². The van der Waals surface area contributed by atoms with Crippen LogP contribution in [0.2, 0.25) is 0 Å². The summed E-state index contributed by atoms with van der Waals surface area (Å²) in [4.78, 5) is 11.1. The number of aromatic nitrogens is 3. The van der Waals surface area contributed by atoms with Crippen LogP contribution >= 0.6 is 0 Å². The molecule has 2 aromatic rings. The van der Waals surface area contributed by atoms with Crippen LogP contribution in [0, 0.1) is 0 Å². The predicted octanol–water partition coefficient (Wildman–Crippen LogP) is 1.22. The fourth-order valence-corrected chi connectivity index (χ4v) is 3.91. The molecule has 10 heteroatoms. The third kappa shape index (κ3) is 5.68. The number of hydrogen-bond acceptors (Lipinski definition) is 7. The minimum Gasteiger partial charge on any atom is -0.493 e. The summed E-state index contributed by atoms with van der Waals surface area (Å²) < 4.78 is 18.0. The summed E-state index contributed by atoms with van der Waals surface area (Å²) in [5, 5.41) is 11.5. The van der Waals surface area contributed by atoms with Crippen molar-refractivity contribution in [2.45, 2.75) is 38.1 Å². The molecule has 0 radical (unpaired) electrons. The molecular formula is C22H35N7O3. The lowest BCUT2D eigenvalue weighted by Crippen LogP contribution is -2.48. The summed E-state index contributed by atoms with van der Waals surface area (Å²) in [5.74, 6) is 3.95. The van der Waals surface area contributed by atoms with Gasteiger partial charge in [0, 0.05) is 33.2 Å². The summed E-state index contributed by atoms with van der Waals surface area (Å²) in [6.45, 7) is 1.87. The zero-order valence-corrected chi connectivity index (χ0v) is 19.9. The van der Waals surface area contributed by atoms with Crippen molar-refractivity contribution in [2.24, 2.45) is 4.99 Å². The third-order valence-electron chi connectivity index (χ3n) is 5.62. The molecule has 0 bridgehead atoms. The fourth-order valence-electron chi connectivity index (χ4n) is 3.91. The van der Waals surface area contributed by atoms with Gasteiger partial charge in [0.15, 0.2) is 23.3 Å². The molecule has 1 aromatic carbocycles. The van der Waals surface area contributed by atoms with Crippen LogP contribution in [0.25, 0.3) is 0 Å². The lowest BCUT2D eigenvalue weighted by atomic mass is 10.0. The third-order valence-corrected chi connectivity index (χ3v) is 5.62. The molecule has 1 aliphatic rings. The van der Waals surface area contributed by atoms with Crippen molar-refractivity contribution < 1.29 is 14.2 Å². The number of guanidine groups is 1. The Morgan fingerprint density at radius 2 is 2.03 bits per heavy atom. The van der Waals surface area contributed by atoms with Crippen LogP contribution in [0.4, 0.5) is 0 Å². The Kier molecular flexibility index (Phi) is 8.29. The molecule has 2 atom stereocenters. The van der Waals surface area contributed by atoms with Gasteiger partial charge in [0.1, 0.15) is 12.4 Å². The molecule has 2 N–H and O–H groups in total. The van der Waals surface area contributed by atoms with E-state index in [1.165, 1.54) is 0 Å². The molecule has 0 saturated heterocycles. The normalized spacial score (nSPS) is 17.1. The molecule has 1 aliphatic heterocycles. The first-order valence-corrected chi connectivity index (χ1v) is 10.8. The molecule has 176 valence electrons. The minimum atomic E-state index is 0.123. The number of aliphatic imine (C=N–C) groups is 1. The SMILES string of the molecule is CN=C(NCC(c1ccc(OC)c(OC)c1)N(C)C)NC1CCc2nc(COC)nn2C1. The number of methoxy groups -OCH3 is 3. The summed E-state index contributed by atoms with van der Waals surface area (Å²) in [6.07, 6.45) is 1.84. The molecule has 1 aromatic heterocycles. The lowest BCUT2D eigenvalue weighted by Gasteiger charge is -2.29.